The highest BCUT2D eigenvalue weighted by Gasteiger charge is 2.10. The molecule has 0 amide bonds. The smallest absolute Gasteiger partial charge is 0.150 e. The zero-order chi connectivity index (χ0) is 14.1. The van der Waals surface area contributed by atoms with E-state index in [0.29, 0.717) is 9.92 Å². The van der Waals surface area contributed by atoms with Crippen LogP contribution in [0.2, 0.25) is 5.02 Å². The van der Waals surface area contributed by atoms with Gasteiger partial charge in [0, 0.05) is 10.7 Å². The molecule has 0 spiro atoms. The monoisotopic (exact) mass is 322 g/mol. The van der Waals surface area contributed by atoms with Crippen molar-refractivity contribution in [2.24, 2.45) is 0 Å². The van der Waals surface area contributed by atoms with Gasteiger partial charge in [0.1, 0.15) is 0 Å². The number of thiazole rings is 1. The number of halogens is 1. The van der Waals surface area contributed by atoms with E-state index in [1.165, 1.54) is 0 Å². The molecule has 0 aliphatic carbocycles. The summed E-state index contributed by atoms with van der Waals surface area (Å²) in [6.07, 6.45) is 0. The van der Waals surface area contributed by atoms with Gasteiger partial charge in [-0.1, -0.05) is 17.7 Å². The fourth-order valence-electron chi connectivity index (χ4n) is 1.87. The van der Waals surface area contributed by atoms with Gasteiger partial charge in [-0.2, -0.15) is 0 Å². The predicted molar refractivity (Wildman–Crippen MR) is 85.8 cm³/mol. The normalized spacial score (nSPS) is 12.5. The Morgan fingerprint density at radius 1 is 1.30 bits per heavy atom. The largest absolute Gasteiger partial charge is 0.301 e. The molecule has 0 radical (unpaired) electrons. The van der Waals surface area contributed by atoms with Crippen LogP contribution in [0.25, 0.3) is 10.2 Å². The fraction of sp³-hybridized carbons (Fsp3) is 0.0714. The van der Waals surface area contributed by atoms with Gasteiger partial charge in [0.05, 0.1) is 20.6 Å². The van der Waals surface area contributed by atoms with Crippen LogP contribution in [0.3, 0.4) is 0 Å². The first kappa shape index (κ1) is 13.5. The first-order valence-corrected chi connectivity index (χ1v) is 8.33. The lowest BCUT2D eigenvalue weighted by Crippen LogP contribution is -2.06. The average molecular weight is 323 g/mol. The molecule has 3 rings (SSSR count). The van der Waals surface area contributed by atoms with Crippen LogP contribution in [0.15, 0.2) is 46.8 Å². The van der Waals surface area contributed by atoms with E-state index >= 15 is 0 Å². The minimum absolute atomic E-state index is 0.621. The van der Waals surface area contributed by atoms with Crippen molar-refractivity contribution in [2.75, 3.05) is 4.72 Å². The summed E-state index contributed by atoms with van der Waals surface area (Å²) in [7, 11) is -1.34. The zero-order valence-electron chi connectivity index (χ0n) is 10.6. The first-order valence-electron chi connectivity index (χ1n) is 5.92. The van der Waals surface area contributed by atoms with E-state index in [-0.39, 0.29) is 0 Å². The molecule has 1 aromatic heterocycles. The van der Waals surface area contributed by atoms with E-state index < -0.39 is 11.0 Å². The van der Waals surface area contributed by atoms with Crippen LogP contribution in [0, 0.1) is 6.92 Å². The van der Waals surface area contributed by atoms with E-state index in [9.17, 15) is 4.21 Å². The first-order chi connectivity index (χ1) is 9.65. The standard InChI is InChI=1S/C14H11ClN2OS2/c1-9-11(15)3-2-4-14(9)20(18)17-10-5-6-12-13(7-10)19-8-16-12/h2-8,17H,1H3. The number of hydrogen-bond donors (Lipinski definition) is 1. The van der Waals surface area contributed by atoms with E-state index in [0.717, 1.165) is 21.5 Å². The third-order valence-electron chi connectivity index (χ3n) is 2.96. The molecule has 3 nitrogen and oxygen atoms in total. The molecular formula is C14H11ClN2OS2. The maximum Gasteiger partial charge on any atom is 0.150 e. The summed E-state index contributed by atoms with van der Waals surface area (Å²) in [4.78, 5) is 4.92. The summed E-state index contributed by atoms with van der Waals surface area (Å²) in [6, 6.07) is 11.1. The van der Waals surface area contributed by atoms with Crippen LogP contribution >= 0.6 is 22.9 Å². The second-order valence-electron chi connectivity index (χ2n) is 4.27. The Balaban J connectivity index is 1.90. The van der Waals surface area contributed by atoms with Crippen LogP contribution in [0.5, 0.6) is 0 Å². The van der Waals surface area contributed by atoms with Crippen LogP contribution < -0.4 is 4.72 Å². The van der Waals surface area contributed by atoms with Crippen LogP contribution in [-0.2, 0) is 11.0 Å². The van der Waals surface area contributed by atoms with Gasteiger partial charge in [-0.05, 0) is 42.8 Å². The Morgan fingerprint density at radius 2 is 2.15 bits per heavy atom. The number of anilines is 1. The molecule has 1 heterocycles. The van der Waals surface area contributed by atoms with Crippen molar-refractivity contribution in [3.8, 4) is 0 Å². The summed E-state index contributed by atoms with van der Waals surface area (Å²) < 4.78 is 16.5. The predicted octanol–water partition coefficient (Wildman–Crippen LogP) is 4.39. The number of benzene rings is 2. The van der Waals surface area contributed by atoms with E-state index in [2.05, 4.69) is 9.71 Å². The van der Waals surface area contributed by atoms with Crippen LogP contribution in [-0.4, -0.2) is 9.19 Å². The van der Waals surface area contributed by atoms with Crippen LogP contribution in [0.4, 0.5) is 5.69 Å². The second-order valence-corrected chi connectivity index (χ2v) is 6.74. The number of fused-ring (bicyclic) bond motifs is 1. The lowest BCUT2D eigenvalue weighted by molar-refractivity contribution is 0.686. The van der Waals surface area contributed by atoms with Crippen molar-refractivity contribution < 1.29 is 4.21 Å². The van der Waals surface area contributed by atoms with Gasteiger partial charge >= 0.3 is 0 Å². The Kier molecular flexibility index (Phi) is 3.74. The molecule has 1 unspecified atom stereocenters. The third-order valence-corrected chi connectivity index (χ3v) is 5.42. The molecule has 102 valence electrons. The molecule has 2 aromatic carbocycles. The minimum atomic E-state index is -1.34. The van der Waals surface area contributed by atoms with Gasteiger partial charge in [-0.15, -0.1) is 11.3 Å². The maximum atomic E-state index is 12.4. The topological polar surface area (TPSA) is 42.0 Å². The van der Waals surface area contributed by atoms with Gasteiger partial charge in [-0.25, -0.2) is 9.19 Å². The van der Waals surface area contributed by atoms with E-state index in [4.69, 9.17) is 11.6 Å². The molecule has 0 fully saturated rings. The number of nitrogens with one attached hydrogen (secondary N) is 1. The molecule has 1 atom stereocenters. The van der Waals surface area contributed by atoms with Gasteiger partial charge in [0.15, 0.2) is 11.0 Å². The Hall–Kier alpha value is -1.43. The Morgan fingerprint density at radius 3 is 3.00 bits per heavy atom. The highest BCUT2D eigenvalue weighted by Crippen LogP contribution is 2.25. The third kappa shape index (κ3) is 2.57. The van der Waals surface area contributed by atoms with Gasteiger partial charge in [0.25, 0.3) is 0 Å². The van der Waals surface area contributed by atoms with Crippen molar-refractivity contribution in [3.05, 3.63) is 52.5 Å². The molecule has 1 N–H and O–H groups in total. The highest BCUT2D eigenvalue weighted by atomic mass is 35.5. The quantitative estimate of drug-likeness (QED) is 0.777. The lowest BCUT2D eigenvalue weighted by atomic mass is 10.2. The van der Waals surface area contributed by atoms with Crippen molar-refractivity contribution in [3.63, 3.8) is 0 Å². The number of nitrogens with zero attached hydrogens (tertiary/aromatic N) is 1. The summed E-state index contributed by atoms with van der Waals surface area (Å²) in [6.45, 7) is 1.86. The summed E-state index contributed by atoms with van der Waals surface area (Å²) >= 11 is 7.61. The fourth-order valence-corrected chi connectivity index (χ4v) is 3.86. The summed E-state index contributed by atoms with van der Waals surface area (Å²) in [5.41, 5.74) is 4.38. The number of aromatic nitrogens is 1. The van der Waals surface area contributed by atoms with Crippen molar-refractivity contribution >= 4 is 49.8 Å². The van der Waals surface area contributed by atoms with Crippen molar-refractivity contribution in [1.82, 2.24) is 4.98 Å². The van der Waals surface area contributed by atoms with E-state index in [1.807, 2.05) is 31.2 Å². The average Bonchev–Trinajstić information content (AvgIpc) is 2.89. The Bertz CT molecular complexity index is 801. The van der Waals surface area contributed by atoms with Crippen molar-refractivity contribution in [1.29, 1.82) is 0 Å². The molecule has 0 saturated heterocycles. The molecule has 0 saturated carbocycles. The van der Waals surface area contributed by atoms with Gasteiger partial charge in [-0.3, -0.25) is 0 Å². The maximum absolute atomic E-state index is 12.4. The molecule has 0 aliphatic rings. The van der Waals surface area contributed by atoms with Gasteiger partial charge in [0.2, 0.25) is 0 Å². The molecule has 20 heavy (non-hydrogen) atoms. The SMILES string of the molecule is Cc1c(Cl)cccc1S(=O)Nc1ccc2ncsc2c1. The van der Waals surface area contributed by atoms with E-state index in [1.54, 1.807) is 29.0 Å². The van der Waals surface area contributed by atoms with Crippen LogP contribution in [0.1, 0.15) is 5.56 Å². The molecular weight excluding hydrogens is 312 g/mol. The number of hydrogen-bond acceptors (Lipinski definition) is 3. The highest BCUT2D eigenvalue weighted by molar-refractivity contribution is 7.86. The van der Waals surface area contributed by atoms with Crippen molar-refractivity contribution in [2.45, 2.75) is 11.8 Å². The molecule has 6 heteroatoms. The second kappa shape index (κ2) is 5.52. The minimum Gasteiger partial charge on any atom is -0.301 e. The zero-order valence-corrected chi connectivity index (χ0v) is 13.0. The summed E-state index contributed by atoms with van der Waals surface area (Å²) in [5.74, 6) is 0. The molecule has 0 bridgehead atoms. The Labute approximate surface area is 128 Å². The lowest BCUT2D eigenvalue weighted by Gasteiger charge is -2.09. The van der Waals surface area contributed by atoms with Gasteiger partial charge < -0.3 is 4.72 Å². The molecule has 3 aromatic rings. The summed E-state index contributed by atoms with van der Waals surface area (Å²) in [5, 5.41) is 0.621. The number of rotatable bonds is 3. The molecule has 0 aliphatic heterocycles.